The van der Waals surface area contributed by atoms with E-state index in [0.717, 1.165) is 25.7 Å². The van der Waals surface area contributed by atoms with Crippen LogP contribution < -0.4 is 0 Å². The number of nitrogens with zero attached hydrogens (tertiary/aromatic N) is 1. The third kappa shape index (κ3) is 1.96. The molecule has 1 spiro atoms. The van der Waals surface area contributed by atoms with Gasteiger partial charge >= 0.3 is 0 Å². The standard InChI is InChI=1S/C17H25NO3S/c1-4-5-6-7-8-15(19)18-14-11-13-9-10-17(14,16(13,2)3)12-22(18,20)21/h1,13-14H,5-12H2,2-3H3/t13-,14-,17+/m1/s1. The molecule has 0 aromatic heterocycles. The van der Waals surface area contributed by atoms with Crippen LogP contribution in [0, 0.1) is 29.1 Å². The SMILES string of the molecule is C#CCCCCC(=O)N1[C@@H]2C[C@H]3CC[C@@]2(CS1(=O)=O)C3(C)C. The van der Waals surface area contributed by atoms with Gasteiger partial charge in [0.15, 0.2) is 0 Å². The Morgan fingerprint density at radius 1 is 1.36 bits per heavy atom. The zero-order chi connectivity index (χ0) is 16.2. The minimum Gasteiger partial charge on any atom is -0.274 e. The fourth-order valence-electron chi connectivity index (χ4n) is 5.23. The summed E-state index contributed by atoms with van der Waals surface area (Å²) in [5, 5.41) is 0. The number of carbonyl (C=O) groups excluding carboxylic acids is 1. The number of carbonyl (C=O) groups is 1. The Balaban J connectivity index is 1.81. The topological polar surface area (TPSA) is 54.5 Å². The molecule has 0 aromatic carbocycles. The van der Waals surface area contributed by atoms with Crippen LogP contribution in [0.15, 0.2) is 0 Å². The van der Waals surface area contributed by atoms with Crippen LogP contribution in [-0.4, -0.2) is 30.4 Å². The van der Waals surface area contributed by atoms with Crippen LogP contribution in [0.2, 0.25) is 0 Å². The maximum absolute atomic E-state index is 12.6. The molecule has 2 aliphatic carbocycles. The molecular formula is C17H25NO3S. The second-order valence-electron chi connectivity index (χ2n) is 7.72. The first-order valence-electron chi connectivity index (χ1n) is 8.25. The van der Waals surface area contributed by atoms with Gasteiger partial charge in [-0.2, -0.15) is 0 Å². The van der Waals surface area contributed by atoms with E-state index in [1.54, 1.807) is 0 Å². The first-order valence-corrected chi connectivity index (χ1v) is 9.85. The minimum atomic E-state index is -3.46. The lowest BCUT2D eigenvalue weighted by molar-refractivity contribution is -0.129. The van der Waals surface area contributed by atoms with Gasteiger partial charge in [0.05, 0.1) is 11.8 Å². The van der Waals surface area contributed by atoms with Gasteiger partial charge in [0, 0.05) is 18.3 Å². The molecule has 2 bridgehead atoms. The normalized spacial score (nSPS) is 37.0. The Labute approximate surface area is 133 Å². The lowest BCUT2D eigenvalue weighted by Crippen LogP contribution is -2.44. The summed E-state index contributed by atoms with van der Waals surface area (Å²) in [7, 11) is -3.46. The van der Waals surface area contributed by atoms with E-state index in [0.29, 0.717) is 25.2 Å². The molecule has 1 saturated heterocycles. The van der Waals surface area contributed by atoms with Crippen LogP contribution in [0.1, 0.15) is 58.8 Å². The molecule has 1 amide bonds. The molecule has 0 N–H and O–H groups in total. The molecule has 3 fully saturated rings. The summed E-state index contributed by atoms with van der Waals surface area (Å²) in [4.78, 5) is 12.5. The maximum atomic E-state index is 12.6. The van der Waals surface area contributed by atoms with Gasteiger partial charge in [0.25, 0.3) is 0 Å². The summed E-state index contributed by atoms with van der Waals surface area (Å²) in [6.45, 7) is 4.39. The molecule has 4 nitrogen and oxygen atoms in total. The summed E-state index contributed by atoms with van der Waals surface area (Å²) < 4.78 is 26.6. The predicted octanol–water partition coefficient (Wildman–Crippen LogP) is 2.55. The number of terminal acetylenes is 1. The van der Waals surface area contributed by atoms with Gasteiger partial charge in [-0.15, -0.1) is 12.3 Å². The van der Waals surface area contributed by atoms with Crippen LogP contribution in [0.4, 0.5) is 0 Å². The molecule has 0 radical (unpaired) electrons. The number of sulfonamides is 1. The summed E-state index contributed by atoms with van der Waals surface area (Å²) in [5.41, 5.74) is -0.200. The largest absolute Gasteiger partial charge is 0.274 e. The van der Waals surface area contributed by atoms with Gasteiger partial charge in [0.2, 0.25) is 15.9 Å². The molecule has 0 aromatic rings. The van der Waals surface area contributed by atoms with Crippen molar-refractivity contribution in [1.82, 2.24) is 4.31 Å². The van der Waals surface area contributed by atoms with Crippen LogP contribution in [0.5, 0.6) is 0 Å². The van der Waals surface area contributed by atoms with Gasteiger partial charge in [-0.1, -0.05) is 13.8 Å². The molecule has 122 valence electrons. The molecular weight excluding hydrogens is 298 g/mol. The van der Waals surface area contributed by atoms with Crippen molar-refractivity contribution >= 4 is 15.9 Å². The number of amides is 1. The number of fused-ring (bicyclic) bond motifs is 1. The molecule has 1 heterocycles. The Morgan fingerprint density at radius 2 is 2.09 bits per heavy atom. The summed E-state index contributed by atoms with van der Waals surface area (Å²) in [6, 6.07) is -0.105. The fourth-order valence-corrected chi connectivity index (χ4v) is 7.81. The molecule has 3 atom stereocenters. The van der Waals surface area contributed by atoms with Gasteiger partial charge in [0.1, 0.15) is 0 Å². The smallest absolute Gasteiger partial charge is 0.238 e. The van der Waals surface area contributed by atoms with Crippen LogP contribution in [-0.2, 0) is 14.8 Å². The predicted molar refractivity (Wildman–Crippen MR) is 85.3 cm³/mol. The molecule has 22 heavy (non-hydrogen) atoms. The highest BCUT2D eigenvalue weighted by atomic mass is 32.2. The first kappa shape index (κ1) is 15.9. The highest BCUT2D eigenvalue weighted by Crippen LogP contribution is 2.69. The van der Waals surface area contributed by atoms with Crippen molar-refractivity contribution in [1.29, 1.82) is 0 Å². The van der Waals surface area contributed by atoms with Crippen molar-refractivity contribution in [2.45, 2.75) is 64.8 Å². The Hall–Kier alpha value is -1.02. The molecule has 3 rings (SSSR count). The van der Waals surface area contributed by atoms with Crippen LogP contribution in [0.3, 0.4) is 0 Å². The number of hydrogen-bond donors (Lipinski definition) is 0. The first-order chi connectivity index (χ1) is 10.3. The third-order valence-electron chi connectivity index (χ3n) is 6.62. The fraction of sp³-hybridized carbons (Fsp3) is 0.824. The summed E-state index contributed by atoms with van der Waals surface area (Å²) in [6.07, 6.45) is 10.5. The van der Waals surface area contributed by atoms with Crippen molar-refractivity contribution in [2.75, 3.05) is 5.75 Å². The second-order valence-corrected chi connectivity index (χ2v) is 9.57. The Kier molecular flexibility index (Phi) is 3.60. The van der Waals surface area contributed by atoms with E-state index in [4.69, 9.17) is 6.42 Å². The quantitative estimate of drug-likeness (QED) is 0.590. The van der Waals surface area contributed by atoms with E-state index in [2.05, 4.69) is 19.8 Å². The van der Waals surface area contributed by atoms with Gasteiger partial charge in [-0.05, 0) is 43.4 Å². The molecule has 2 saturated carbocycles. The summed E-state index contributed by atoms with van der Waals surface area (Å²) >= 11 is 0. The minimum absolute atomic E-state index is 0.0171. The van der Waals surface area contributed by atoms with E-state index in [9.17, 15) is 13.2 Å². The van der Waals surface area contributed by atoms with Crippen molar-refractivity contribution in [3.05, 3.63) is 0 Å². The lowest BCUT2D eigenvalue weighted by atomic mass is 9.69. The van der Waals surface area contributed by atoms with Crippen molar-refractivity contribution < 1.29 is 13.2 Å². The monoisotopic (exact) mass is 323 g/mol. The molecule has 5 heteroatoms. The lowest BCUT2D eigenvalue weighted by Gasteiger charge is -2.37. The van der Waals surface area contributed by atoms with Crippen molar-refractivity contribution in [3.8, 4) is 12.3 Å². The zero-order valence-corrected chi connectivity index (χ0v) is 14.3. The van der Waals surface area contributed by atoms with Gasteiger partial charge in [-0.25, -0.2) is 12.7 Å². The van der Waals surface area contributed by atoms with E-state index in [-0.39, 0.29) is 28.5 Å². The van der Waals surface area contributed by atoms with E-state index in [1.165, 1.54) is 4.31 Å². The van der Waals surface area contributed by atoms with Crippen LogP contribution >= 0.6 is 0 Å². The average Bonchev–Trinajstić information content (AvgIpc) is 2.90. The van der Waals surface area contributed by atoms with Crippen LogP contribution in [0.25, 0.3) is 0 Å². The molecule has 3 aliphatic rings. The third-order valence-corrected chi connectivity index (χ3v) is 8.56. The maximum Gasteiger partial charge on any atom is 0.238 e. The van der Waals surface area contributed by atoms with E-state index in [1.807, 2.05) is 0 Å². The second kappa shape index (κ2) is 4.99. The number of unbranched alkanes of at least 4 members (excludes halogenated alkanes) is 2. The zero-order valence-electron chi connectivity index (χ0n) is 13.5. The van der Waals surface area contributed by atoms with E-state index < -0.39 is 10.0 Å². The van der Waals surface area contributed by atoms with Gasteiger partial charge < -0.3 is 0 Å². The van der Waals surface area contributed by atoms with Gasteiger partial charge in [-0.3, -0.25) is 4.79 Å². The average molecular weight is 323 g/mol. The number of hydrogen-bond acceptors (Lipinski definition) is 3. The van der Waals surface area contributed by atoms with E-state index >= 15 is 0 Å². The highest BCUT2D eigenvalue weighted by Gasteiger charge is 2.72. The van der Waals surface area contributed by atoms with Crippen molar-refractivity contribution in [3.63, 3.8) is 0 Å². The summed E-state index contributed by atoms with van der Waals surface area (Å²) in [5.74, 6) is 3.04. The number of rotatable bonds is 4. The molecule has 0 unspecified atom stereocenters. The Morgan fingerprint density at radius 3 is 2.73 bits per heavy atom. The van der Waals surface area contributed by atoms with Crippen molar-refractivity contribution in [2.24, 2.45) is 16.7 Å². The Bertz CT molecular complexity index is 631. The highest BCUT2D eigenvalue weighted by molar-refractivity contribution is 7.90. The molecule has 1 aliphatic heterocycles.